The number of carbonyl (C=O) groups excluding carboxylic acids is 6. The summed E-state index contributed by atoms with van der Waals surface area (Å²) in [4.78, 5) is 81.1. The molecule has 6 unspecified atom stereocenters. The number of aliphatic hydroxyl groups excluding tert-OH is 2. The van der Waals surface area contributed by atoms with Crippen LogP contribution in [-0.4, -0.2) is 162 Å². The minimum atomic E-state index is -3.82. The van der Waals surface area contributed by atoms with Gasteiger partial charge in [0.15, 0.2) is 0 Å². The van der Waals surface area contributed by atoms with Crippen LogP contribution < -0.4 is 21.3 Å². The summed E-state index contributed by atoms with van der Waals surface area (Å²) in [6.07, 6.45) is 44.9. The molecule has 0 heterocycles. The average molecular weight is 1570 g/mol. The molecule has 0 bridgehead atoms. The van der Waals surface area contributed by atoms with E-state index in [9.17, 15) is 48.1 Å². The second-order valence-electron chi connectivity index (χ2n) is 29.3. The molecule has 0 spiro atoms. The molecule has 626 valence electrons. The van der Waals surface area contributed by atoms with Gasteiger partial charge in [0.2, 0.25) is 11.8 Å². The first-order chi connectivity index (χ1) is 52.2. The maximum Gasteiger partial charge on any atom is 0.327 e. The van der Waals surface area contributed by atoms with Crippen molar-refractivity contribution in [3.8, 4) is 0 Å². The number of unbranched alkanes of at least 4 members (excludes halogenated alkanes) is 26. The smallest absolute Gasteiger partial charge is 0.327 e. The molecule has 1 aromatic rings. The highest BCUT2D eigenvalue weighted by molar-refractivity contribution is 7.53. The van der Waals surface area contributed by atoms with Crippen molar-refractivity contribution < 1.29 is 85.2 Å². The van der Waals surface area contributed by atoms with Crippen LogP contribution in [0.5, 0.6) is 0 Å². The molecule has 0 saturated heterocycles. The molecule has 22 nitrogen and oxygen atoms in total. The Morgan fingerprint density at radius 3 is 1.05 bits per heavy atom. The number of carbonyl (C=O) groups is 6. The van der Waals surface area contributed by atoms with Crippen LogP contribution in [0.2, 0.25) is 0 Å². The van der Waals surface area contributed by atoms with Crippen molar-refractivity contribution in [2.45, 2.75) is 361 Å². The largest absolute Gasteiger partial charge is 0.462 e. The molecule has 24 heteroatoms. The lowest BCUT2D eigenvalue weighted by Crippen LogP contribution is -2.43. The number of aliphatic hydroxyl groups is 2. The van der Waals surface area contributed by atoms with Gasteiger partial charge in [0.25, 0.3) is 11.8 Å². The predicted molar refractivity (Wildman–Crippen MR) is 435 cm³/mol. The SMILES string of the molecule is CCCCCC/C=C\CCCC(=O)O[C@H](CCCCCCC)CC(=O)NC(COCCC(O)CCCCCCC)COP(C)(=O)OCCNC(=O)c1ccccc1C(=O)NCCOP(C)(=O)OCC(COCCC(O)CCCCCCC)NC(=O)C[C@@H](CCCCCCC)OC(=O)CCC/C=C\CCCCCC. The van der Waals surface area contributed by atoms with Crippen LogP contribution in [0.1, 0.15) is 345 Å². The van der Waals surface area contributed by atoms with Crippen molar-refractivity contribution in [2.24, 2.45) is 0 Å². The lowest BCUT2D eigenvalue weighted by Gasteiger charge is -2.23. The molecule has 0 radical (unpaired) electrons. The molecular weight excluding hydrogens is 1410 g/mol. The predicted octanol–water partition coefficient (Wildman–Crippen LogP) is 18.8. The second kappa shape index (κ2) is 69.4. The minimum Gasteiger partial charge on any atom is -0.462 e. The van der Waals surface area contributed by atoms with E-state index < -0.39 is 75.3 Å². The van der Waals surface area contributed by atoms with Crippen LogP contribution in [0.3, 0.4) is 0 Å². The summed E-state index contributed by atoms with van der Waals surface area (Å²) in [5.41, 5.74) is 0.0733. The lowest BCUT2D eigenvalue weighted by atomic mass is 10.1. The van der Waals surface area contributed by atoms with Crippen LogP contribution in [0, 0.1) is 0 Å². The maximum absolute atomic E-state index is 13.8. The summed E-state index contributed by atoms with van der Waals surface area (Å²) >= 11 is 0. The monoisotopic (exact) mass is 1570 g/mol. The lowest BCUT2D eigenvalue weighted by molar-refractivity contribution is -0.152. The molecule has 0 aromatic heterocycles. The van der Waals surface area contributed by atoms with Gasteiger partial charge in [0, 0.05) is 52.5 Å². The first kappa shape index (κ1) is 102. The molecule has 0 aliphatic carbocycles. The first-order valence-corrected chi connectivity index (χ1v) is 46.4. The number of esters is 2. The zero-order valence-electron chi connectivity index (χ0n) is 68.6. The van der Waals surface area contributed by atoms with Crippen LogP contribution in [-0.2, 0) is 65.4 Å². The van der Waals surface area contributed by atoms with Gasteiger partial charge in [-0.05, 0) is 115 Å². The molecule has 1 rings (SSSR count). The molecule has 108 heavy (non-hydrogen) atoms. The summed E-state index contributed by atoms with van der Waals surface area (Å²) in [6, 6.07) is 4.56. The highest BCUT2D eigenvalue weighted by Gasteiger charge is 2.28. The van der Waals surface area contributed by atoms with Gasteiger partial charge in [0.1, 0.15) is 12.2 Å². The third-order valence-electron chi connectivity index (χ3n) is 18.7. The van der Waals surface area contributed by atoms with Gasteiger partial charge in [-0.2, -0.15) is 0 Å². The molecule has 1 aromatic carbocycles. The van der Waals surface area contributed by atoms with E-state index in [1.165, 1.54) is 64.0 Å². The van der Waals surface area contributed by atoms with Crippen LogP contribution in [0.4, 0.5) is 0 Å². The van der Waals surface area contributed by atoms with E-state index in [2.05, 4.69) is 87.1 Å². The number of hydrogen-bond acceptors (Lipinski definition) is 18. The van der Waals surface area contributed by atoms with Crippen molar-refractivity contribution in [3.63, 3.8) is 0 Å². The Kier molecular flexibility index (Phi) is 65.3. The van der Waals surface area contributed by atoms with Crippen molar-refractivity contribution in [3.05, 3.63) is 59.7 Å². The first-order valence-electron chi connectivity index (χ1n) is 42.4. The van der Waals surface area contributed by atoms with Gasteiger partial charge in [-0.25, -0.2) is 0 Å². The fourth-order valence-electron chi connectivity index (χ4n) is 12.2. The standard InChI is InChI=1S/C84H152N4O18P2/c1-9-15-21-27-29-31-33-39-45-55-81(93)105-75(51-43-37-25-19-13-5)65-79(91)87-71(67-99-61-57-73(89)49-41-35-23-17-11-3)69-103-107(7,97)101-63-59-85-83(95)77-53-47-48-54-78(77)84(96)86-60-64-102-108(8,98)104-70-72(68-100-62-58-74(90)50-42-36-24-18-12-4)88-80(92)66-76(52-44-38-26-20-14-6)106-82(94)56-46-40-34-32-30-28-22-16-10-2/h31-34,47-48,53-54,71-76,89-90H,9-30,35-46,49-52,55-70H2,1-8H3,(H,85,95)(H,86,96)(H,87,91)(H,88,92)/b33-31-,34-32-/t71?,72?,73?,74?,75-,76-,107?,108?/m1/s1. The third-order valence-corrected chi connectivity index (χ3v) is 21.2. The molecule has 4 amide bonds. The van der Waals surface area contributed by atoms with Crippen LogP contribution in [0.15, 0.2) is 48.6 Å². The van der Waals surface area contributed by atoms with Crippen molar-refractivity contribution in [1.29, 1.82) is 0 Å². The Bertz CT molecular complexity index is 2430. The Hall–Kier alpha value is -4.34. The molecule has 6 N–H and O–H groups in total. The minimum absolute atomic E-state index is 0.0271. The molecular formula is C84H152N4O18P2. The number of nitrogens with one attached hydrogen (secondary N) is 4. The van der Waals surface area contributed by atoms with Gasteiger partial charge < -0.3 is 68.5 Å². The summed E-state index contributed by atoms with van der Waals surface area (Å²) < 4.78 is 74.4. The number of allylic oxidation sites excluding steroid dienone is 4. The number of hydrogen-bond donors (Lipinski definition) is 6. The quantitative estimate of drug-likeness (QED) is 0.0153. The topological polar surface area (TPSA) is 299 Å². The Balaban J connectivity index is 3.04. The summed E-state index contributed by atoms with van der Waals surface area (Å²) in [5, 5.41) is 32.6. The fraction of sp³-hybridized carbons (Fsp3) is 0.810. The highest BCUT2D eigenvalue weighted by Crippen LogP contribution is 2.44. The van der Waals surface area contributed by atoms with E-state index in [1.807, 2.05) is 0 Å². The van der Waals surface area contributed by atoms with E-state index in [4.69, 9.17) is 37.0 Å². The van der Waals surface area contributed by atoms with Gasteiger partial charge in [-0.1, -0.05) is 232 Å². The Labute approximate surface area is 653 Å². The van der Waals surface area contributed by atoms with Gasteiger partial charge in [-0.15, -0.1) is 0 Å². The number of ether oxygens (including phenoxy) is 4. The molecule has 8 atom stereocenters. The van der Waals surface area contributed by atoms with Crippen molar-refractivity contribution in [1.82, 2.24) is 21.3 Å². The van der Waals surface area contributed by atoms with Gasteiger partial charge in [-0.3, -0.25) is 37.9 Å². The Morgan fingerprint density at radius 2 is 0.704 bits per heavy atom. The average Bonchev–Trinajstić information content (AvgIpc) is 0.843. The van der Waals surface area contributed by atoms with Crippen molar-refractivity contribution >= 4 is 50.8 Å². The zero-order valence-corrected chi connectivity index (χ0v) is 70.4. The van der Waals surface area contributed by atoms with E-state index in [-0.39, 0.29) is 115 Å². The van der Waals surface area contributed by atoms with E-state index >= 15 is 0 Å². The third kappa shape index (κ3) is 60.3. The van der Waals surface area contributed by atoms with Crippen LogP contribution in [0.25, 0.3) is 0 Å². The Morgan fingerprint density at radius 1 is 0.389 bits per heavy atom. The van der Waals surface area contributed by atoms with Gasteiger partial charge >= 0.3 is 27.1 Å². The van der Waals surface area contributed by atoms with Crippen molar-refractivity contribution in [2.75, 3.05) is 79.3 Å². The molecule has 0 fully saturated rings. The highest BCUT2D eigenvalue weighted by atomic mass is 31.2. The number of benzene rings is 1. The molecule has 0 saturated carbocycles. The van der Waals surface area contributed by atoms with E-state index in [0.717, 1.165) is 167 Å². The normalized spacial score (nSPS) is 14.5. The van der Waals surface area contributed by atoms with Crippen LogP contribution >= 0.6 is 15.2 Å². The zero-order chi connectivity index (χ0) is 79.4. The summed E-state index contributed by atoms with van der Waals surface area (Å²) in [6.45, 7) is 14.7. The second-order valence-corrected chi connectivity index (χ2v) is 33.4. The number of rotatable bonds is 76. The van der Waals surface area contributed by atoms with E-state index in [0.29, 0.717) is 51.4 Å². The summed E-state index contributed by atoms with van der Waals surface area (Å²) in [7, 11) is -7.64. The molecule has 0 aliphatic heterocycles. The molecule has 0 aliphatic rings. The number of amides is 4. The summed E-state index contributed by atoms with van der Waals surface area (Å²) in [5.74, 6) is -2.72. The fourth-order valence-corrected chi connectivity index (χ4v) is 14.1. The maximum atomic E-state index is 13.8. The van der Waals surface area contributed by atoms with E-state index in [1.54, 1.807) is 12.1 Å². The van der Waals surface area contributed by atoms with Gasteiger partial charge in [0.05, 0.1) is 87.9 Å².